The van der Waals surface area contributed by atoms with Crippen molar-refractivity contribution in [2.75, 3.05) is 7.11 Å². The summed E-state index contributed by atoms with van der Waals surface area (Å²) in [5.74, 6) is 1.27. The lowest BCUT2D eigenvalue weighted by Crippen LogP contribution is -2.22. The summed E-state index contributed by atoms with van der Waals surface area (Å²) in [6.07, 6.45) is 0. The summed E-state index contributed by atoms with van der Waals surface area (Å²) in [4.78, 5) is 11.8. The largest absolute Gasteiger partial charge is 0.497 e. The van der Waals surface area contributed by atoms with Gasteiger partial charge in [-0.05, 0) is 18.2 Å². The van der Waals surface area contributed by atoms with Crippen molar-refractivity contribution in [2.45, 2.75) is 13.5 Å². The molecular weight excluding hydrogens is 234 g/mol. The third kappa shape index (κ3) is 2.85. The predicted molar refractivity (Wildman–Crippen MR) is 63.2 cm³/mol. The van der Waals surface area contributed by atoms with Crippen molar-refractivity contribution in [2.24, 2.45) is 0 Å². The second-order valence-electron chi connectivity index (χ2n) is 3.63. The van der Waals surface area contributed by atoms with E-state index in [1.807, 2.05) is 0 Å². The molecule has 0 aliphatic carbocycles. The normalized spacial score (nSPS) is 10.1. The molecule has 1 heterocycles. The van der Waals surface area contributed by atoms with Crippen LogP contribution in [0.3, 0.4) is 0 Å². The summed E-state index contributed by atoms with van der Waals surface area (Å²) in [5, 5.41) is 10.2. The molecule has 1 aromatic heterocycles. The molecule has 1 N–H and O–H groups in total. The summed E-state index contributed by atoms with van der Waals surface area (Å²) >= 11 is 0. The van der Waals surface area contributed by atoms with Crippen molar-refractivity contribution < 1.29 is 13.9 Å². The maximum Gasteiger partial charge on any atom is 0.251 e. The number of rotatable bonds is 4. The first-order valence-corrected chi connectivity index (χ1v) is 5.40. The molecule has 6 nitrogen and oxygen atoms in total. The lowest BCUT2D eigenvalue weighted by atomic mass is 10.2. The van der Waals surface area contributed by atoms with E-state index >= 15 is 0 Å². The Hall–Kier alpha value is -2.37. The van der Waals surface area contributed by atoms with Crippen LogP contribution in [0, 0.1) is 6.92 Å². The second-order valence-corrected chi connectivity index (χ2v) is 3.63. The van der Waals surface area contributed by atoms with E-state index in [2.05, 4.69) is 15.5 Å². The van der Waals surface area contributed by atoms with Crippen LogP contribution >= 0.6 is 0 Å². The Morgan fingerprint density at radius 3 is 2.94 bits per heavy atom. The molecule has 2 rings (SSSR count). The molecule has 18 heavy (non-hydrogen) atoms. The molecule has 0 saturated heterocycles. The van der Waals surface area contributed by atoms with E-state index in [4.69, 9.17) is 9.15 Å². The van der Waals surface area contributed by atoms with Crippen LogP contribution in [0.25, 0.3) is 0 Å². The van der Waals surface area contributed by atoms with Crippen molar-refractivity contribution in [1.29, 1.82) is 0 Å². The Bertz CT molecular complexity index is 551. The maximum absolute atomic E-state index is 11.8. The smallest absolute Gasteiger partial charge is 0.251 e. The van der Waals surface area contributed by atoms with Gasteiger partial charge in [-0.25, -0.2) is 0 Å². The molecule has 0 atom stereocenters. The first kappa shape index (κ1) is 12.1. The van der Waals surface area contributed by atoms with Crippen LogP contribution in [0.5, 0.6) is 5.75 Å². The molecule has 0 bridgehead atoms. The van der Waals surface area contributed by atoms with E-state index < -0.39 is 0 Å². The Morgan fingerprint density at radius 1 is 1.44 bits per heavy atom. The van der Waals surface area contributed by atoms with Crippen LogP contribution in [0.2, 0.25) is 0 Å². The van der Waals surface area contributed by atoms with Gasteiger partial charge >= 0.3 is 0 Å². The summed E-state index contributed by atoms with van der Waals surface area (Å²) < 4.78 is 10.2. The SMILES string of the molecule is COc1cccc(C(=O)NCc2nnc(C)o2)c1. The third-order valence-electron chi connectivity index (χ3n) is 2.30. The maximum atomic E-state index is 11.8. The van der Waals surface area contributed by atoms with Crippen LogP contribution < -0.4 is 10.1 Å². The Labute approximate surface area is 104 Å². The molecular formula is C12H13N3O3. The monoisotopic (exact) mass is 247 g/mol. The summed E-state index contributed by atoms with van der Waals surface area (Å²) in [6.45, 7) is 1.90. The van der Waals surface area contributed by atoms with E-state index in [-0.39, 0.29) is 12.5 Å². The molecule has 94 valence electrons. The number of nitrogens with zero attached hydrogens (tertiary/aromatic N) is 2. The average molecular weight is 247 g/mol. The number of methoxy groups -OCH3 is 1. The summed E-state index contributed by atoms with van der Waals surface area (Å²) in [5.41, 5.74) is 0.519. The topological polar surface area (TPSA) is 77.2 Å². The highest BCUT2D eigenvalue weighted by Gasteiger charge is 2.08. The Morgan fingerprint density at radius 2 is 2.28 bits per heavy atom. The van der Waals surface area contributed by atoms with Crippen LogP contribution in [0.15, 0.2) is 28.7 Å². The Balaban J connectivity index is 1.99. The Kier molecular flexibility index (Phi) is 3.57. The zero-order valence-electron chi connectivity index (χ0n) is 10.1. The fourth-order valence-corrected chi connectivity index (χ4v) is 1.43. The number of nitrogens with one attached hydrogen (secondary N) is 1. The van der Waals surface area contributed by atoms with Gasteiger partial charge in [-0.3, -0.25) is 4.79 Å². The lowest BCUT2D eigenvalue weighted by molar-refractivity contribution is 0.0946. The zero-order valence-corrected chi connectivity index (χ0v) is 10.1. The summed E-state index contributed by atoms with van der Waals surface area (Å²) in [6, 6.07) is 6.90. The van der Waals surface area contributed by atoms with Gasteiger partial charge in [-0.15, -0.1) is 10.2 Å². The molecule has 0 aliphatic rings. The van der Waals surface area contributed by atoms with Gasteiger partial charge in [0.1, 0.15) is 5.75 Å². The molecule has 0 fully saturated rings. The zero-order chi connectivity index (χ0) is 13.0. The van der Waals surface area contributed by atoms with Gasteiger partial charge in [0, 0.05) is 12.5 Å². The average Bonchev–Trinajstić information content (AvgIpc) is 2.82. The van der Waals surface area contributed by atoms with Gasteiger partial charge in [0.2, 0.25) is 11.8 Å². The minimum Gasteiger partial charge on any atom is -0.497 e. The molecule has 0 spiro atoms. The van der Waals surface area contributed by atoms with Gasteiger partial charge in [-0.1, -0.05) is 6.07 Å². The number of hydrogen-bond acceptors (Lipinski definition) is 5. The third-order valence-corrected chi connectivity index (χ3v) is 2.30. The number of carbonyl (C=O) groups is 1. The molecule has 6 heteroatoms. The van der Waals surface area contributed by atoms with Crippen molar-refractivity contribution in [3.8, 4) is 5.75 Å². The number of hydrogen-bond donors (Lipinski definition) is 1. The lowest BCUT2D eigenvalue weighted by Gasteiger charge is -2.04. The van der Waals surface area contributed by atoms with E-state index in [1.165, 1.54) is 0 Å². The van der Waals surface area contributed by atoms with Crippen LogP contribution in [-0.2, 0) is 6.54 Å². The molecule has 0 aliphatic heterocycles. The van der Waals surface area contributed by atoms with E-state index in [0.29, 0.717) is 23.1 Å². The van der Waals surface area contributed by atoms with Crippen molar-refractivity contribution in [3.05, 3.63) is 41.6 Å². The van der Waals surface area contributed by atoms with Gasteiger partial charge in [0.15, 0.2) is 0 Å². The highest BCUT2D eigenvalue weighted by Crippen LogP contribution is 2.12. The number of amides is 1. The fraction of sp³-hybridized carbons (Fsp3) is 0.250. The molecule has 0 unspecified atom stereocenters. The van der Waals surface area contributed by atoms with E-state index in [1.54, 1.807) is 38.3 Å². The van der Waals surface area contributed by atoms with Gasteiger partial charge in [0.25, 0.3) is 5.91 Å². The first-order chi connectivity index (χ1) is 8.69. The highest BCUT2D eigenvalue weighted by molar-refractivity contribution is 5.94. The van der Waals surface area contributed by atoms with Crippen molar-refractivity contribution in [1.82, 2.24) is 15.5 Å². The number of benzene rings is 1. The van der Waals surface area contributed by atoms with Crippen molar-refractivity contribution >= 4 is 5.91 Å². The van der Waals surface area contributed by atoms with Crippen LogP contribution in [-0.4, -0.2) is 23.2 Å². The van der Waals surface area contributed by atoms with Crippen LogP contribution in [0.4, 0.5) is 0 Å². The van der Waals surface area contributed by atoms with Gasteiger partial charge in [0.05, 0.1) is 13.7 Å². The summed E-state index contributed by atoms with van der Waals surface area (Å²) in [7, 11) is 1.55. The first-order valence-electron chi connectivity index (χ1n) is 5.40. The molecule has 1 aromatic carbocycles. The van der Waals surface area contributed by atoms with E-state index in [0.717, 1.165) is 0 Å². The second kappa shape index (κ2) is 5.31. The minimum absolute atomic E-state index is 0.205. The predicted octanol–water partition coefficient (Wildman–Crippen LogP) is 1.32. The standard InChI is InChI=1S/C12H13N3O3/c1-8-14-15-11(18-8)7-13-12(16)9-4-3-5-10(6-9)17-2/h3-6H,7H2,1-2H3,(H,13,16). The number of carbonyl (C=O) groups excluding carboxylic acids is 1. The van der Waals surface area contributed by atoms with Gasteiger partial charge in [-0.2, -0.15) is 0 Å². The van der Waals surface area contributed by atoms with E-state index in [9.17, 15) is 4.79 Å². The number of aromatic nitrogens is 2. The molecule has 2 aromatic rings. The van der Waals surface area contributed by atoms with Crippen molar-refractivity contribution in [3.63, 3.8) is 0 Å². The molecule has 1 amide bonds. The molecule has 0 radical (unpaired) electrons. The highest BCUT2D eigenvalue weighted by atomic mass is 16.5. The van der Waals surface area contributed by atoms with Crippen LogP contribution in [0.1, 0.15) is 22.1 Å². The number of ether oxygens (including phenoxy) is 1. The molecule has 0 saturated carbocycles. The fourth-order valence-electron chi connectivity index (χ4n) is 1.43. The number of aryl methyl sites for hydroxylation is 1. The minimum atomic E-state index is -0.218. The van der Waals surface area contributed by atoms with Gasteiger partial charge < -0.3 is 14.5 Å². The quantitative estimate of drug-likeness (QED) is 0.881.